The van der Waals surface area contributed by atoms with Crippen molar-refractivity contribution in [2.24, 2.45) is 12.0 Å². The van der Waals surface area contributed by atoms with E-state index in [1.54, 1.807) is 18.4 Å². The van der Waals surface area contributed by atoms with E-state index in [9.17, 15) is 0 Å². The molecule has 2 aromatic rings. The monoisotopic (exact) mass is 208 g/mol. The van der Waals surface area contributed by atoms with Gasteiger partial charge >= 0.3 is 0 Å². The second-order valence-electron chi connectivity index (χ2n) is 3.18. The van der Waals surface area contributed by atoms with E-state index in [4.69, 9.17) is 0 Å². The number of thiazole rings is 1. The van der Waals surface area contributed by atoms with Crippen LogP contribution in [0.5, 0.6) is 0 Å². The summed E-state index contributed by atoms with van der Waals surface area (Å²) in [7, 11) is 3.77. The number of aryl methyl sites for hydroxylation is 3. The Morgan fingerprint density at radius 2 is 2.00 bits per heavy atom. The zero-order chi connectivity index (χ0) is 10.3. The maximum Gasteiger partial charge on any atom is 0.186 e. The smallest absolute Gasteiger partial charge is 0.186 e. The Kier molecular flexibility index (Phi) is 2.11. The van der Waals surface area contributed by atoms with Gasteiger partial charge in [0.05, 0.1) is 10.4 Å². The second-order valence-corrected chi connectivity index (χ2v) is 4.15. The van der Waals surface area contributed by atoms with E-state index < -0.39 is 0 Å². The highest BCUT2D eigenvalue weighted by molar-refractivity contribution is 7.16. The maximum atomic E-state index is 4.41. The van der Waals surface area contributed by atoms with Crippen molar-refractivity contribution in [1.29, 1.82) is 0 Å². The van der Waals surface area contributed by atoms with Crippen LogP contribution in [0.3, 0.4) is 0 Å². The molecule has 2 aromatic heterocycles. The van der Waals surface area contributed by atoms with Gasteiger partial charge in [-0.05, 0) is 13.8 Å². The fraction of sp³-hybridized carbons (Fsp3) is 0.444. The van der Waals surface area contributed by atoms with Crippen molar-refractivity contribution in [1.82, 2.24) is 14.5 Å². The zero-order valence-corrected chi connectivity index (χ0v) is 9.51. The summed E-state index contributed by atoms with van der Waals surface area (Å²) < 4.78 is 3.13. The molecule has 0 spiro atoms. The lowest BCUT2D eigenvalue weighted by Crippen LogP contribution is -2.10. The summed E-state index contributed by atoms with van der Waals surface area (Å²) in [6.45, 7) is 3.92. The first-order valence-corrected chi connectivity index (χ1v) is 5.18. The summed E-state index contributed by atoms with van der Waals surface area (Å²) in [6, 6.07) is 0. The van der Waals surface area contributed by atoms with Crippen molar-refractivity contribution in [2.45, 2.75) is 13.8 Å². The molecule has 0 fully saturated rings. The van der Waals surface area contributed by atoms with E-state index in [1.807, 2.05) is 25.5 Å². The van der Waals surface area contributed by atoms with Crippen LogP contribution in [0.15, 0.2) is 4.99 Å². The lowest BCUT2D eigenvalue weighted by Gasteiger charge is -1.98. The third-order valence-electron chi connectivity index (χ3n) is 2.12. The molecule has 0 bridgehead atoms. The van der Waals surface area contributed by atoms with Gasteiger partial charge in [-0.15, -0.1) is 0 Å². The van der Waals surface area contributed by atoms with Crippen LogP contribution in [-0.4, -0.2) is 21.6 Å². The van der Waals surface area contributed by atoms with Gasteiger partial charge in [-0.25, -0.2) is 9.97 Å². The van der Waals surface area contributed by atoms with Crippen molar-refractivity contribution in [3.05, 3.63) is 16.3 Å². The number of rotatable bonds is 0. The van der Waals surface area contributed by atoms with Crippen molar-refractivity contribution < 1.29 is 0 Å². The first-order valence-electron chi connectivity index (χ1n) is 4.37. The summed E-state index contributed by atoms with van der Waals surface area (Å²) >= 11 is 1.63. The van der Waals surface area contributed by atoms with Crippen molar-refractivity contribution in [3.8, 4) is 0 Å². The fourth-order valence-corrected chi connectivity index (χ4v) is 2.44. The Morgan fingerprint density at radius 1 is 1.29 bits per heavy atom. The van der Waals surface area contributed by atoms with Gasteiger partial charge in [0.1, 0.15) is 5.82 Å². The zero-order valence-electron chi connectivity index (χ0n) is 8.70. The summed E-state index contributed by atoms with van der Waals surface area (Å²) in [5.41, 5.74) is 2.00. The van der Waals surface area contributed by atoms with E-state index in [1.165, 1.54) is 0 Å². The molecule has 0 unspecified atom stereocenters. The molecule has 2 rings (SSSR count). The lowest BCUT2D eigenvalue weighted by molar-refractivity contribution is 0.876. The van der Waals surface area contributed by atoms with Crippen LogP contribution in [-0.2, 0) is 7.05 Å². The third-order valence-corrected chi connectivity index (χ3v) is 3.44. The van der Waals surface area contributed by atoms with Crippen molar-refractivity contribution in [2.75, 3.05) is 7.05 Å². The quantitative estimate of drug-likeness (QED) is 0.652. The number of fused-ring (bicyclic) bond motifs is 1. The Morgan fingerprint density at radius 3 is 2.64 bits per heavy atom. The molecule has 5 heteroatoms. The number of aromatic nitrogens is 3. The maximum absolute atomic E-state index is 4.41. The second kappa shape index (κ2) is 3.16. The molecule has 0 saturated heterocycles. The predicted octanol–water partition coefficient (Wildman–Crippen LogP) is 1.18. The van der Waals surface area contributed by atoms with Crippen molar-refractivity contribution >= 4 is 21.7 Å². The summed E-state index contributed by atoms with van der Waals surface area (Å²) in [5.74, 6) is 0.811. The van der Waals surface area contributed by atoms with Crippen LogP contribution in [0, 0.1) is 13.8 Å². The van der Waals surface area contributed by atoms with Gasteiger partial charge in [-0.3, -0.25) is 4.99 Å². The van der Waals surface area contributed by atoms with Crippen LogP contribution < -0.4 is 4.80 Å². The van der Waals surface area contributed by atoms with E-state index in [0.717, 1.165) is 26.7 Å². The van der Waals surface area contributed by atoms with Crippen LogP contribution in [0.1, 0.15) is 11.5 Å². The number of hydrogen-bond donors (Lipinski definition) is 0. The molecule has 4 nitrogen and oxygen atoms in total. The average Bonchev–Trinajstić information content (AvgIpc) is 2.44. The molecule has 2 heterocycles. The Bertz CT molecular complexity index is 550. The third kappa shape index (κ3) is 1.24. The highest BCUT2D eigenvalue weighted by Gasteiger charge is 2.07. The lowest BCUT2D eigenvalue weighted by atomic mass is 10.4. The van der Waals surface area contributed by atoms with E-state index in [-0.39, 0.29) is 0 Å². The van der Waals surface area contributed by atoms with Crippen LogP contribution in [0.25, 0.3) is 10.3 Å². The predicted molar refractivity (Wildman–Crippen MR) is 57.3 cm³/mol. The van der Waals surface area contributed by atoms with Gasteiger partial charge in [-0.2, -0.15) is 0 Å². The van der Waals surface area contributed by atoms with E-state index in [0.29, 0.717) is 0 Å². The van der Waals surface area contributed by atoms with E-state index >= 15 is 0 Å². The molecular formula is C9H12N4S. The van der Waals surface area contributed by atoms with Gasteiger partial charge in [0.2, 0.25) is 0 Å². The van der Waals surface area contributed by atoms with Gasteiger partial charge in [0.15, 0.2) is 10.4 Å². The SMILES string of the molecule is CN=c1sc2c(C)nc(C)nc2n1C. The van der Waals surface area contributed by atoms with Gasteiger partial charge in [0.25, 0.3) is 0 Å². The van der Waals surface area contributed by atoms with Crippen LogP contribution in [0.4, 0.5) is 0 Å². The molecule has 0 atom stereocenters. The van der Waals surface area contributed by atoms with Crippen molar-refractivity contribution in [3.63, 3.8) is 0 Å². The normalized spacial score (nSPS) is 12.7. The molecule has 74 valence electrons. The molecule has 0 N–H and O–H groups in total. The summed E-state index contributed by atoms with van der Waals surface area (Å²) in [5, 5.41) is 0. The molecule has 0 radical (unpaired) electrons. The van der Waals surface area contributed by atoms with Gasteiger partial charge < -0.3 is 4.57 Å². The van der Waals surface area contributed by atoms with Gasteiger partial charge in [0, 0.05) is 14.1 Å². The molecule has 0 saturated carbocycles. The summed E-state index contributed by atoms with van der Waals surface area (Å²) in [4.78, 5) is 13.9. The first kappa shape index (κ1) is 9.33. The minimum atomic E-state index is 0.811. The highest BCUT2D eigenvalue weighted by atomic mass is 32.1. The first-order chi connectivity index (χ1) is 6.63. The summed E-state index contributed by atoms with van der Waals surface area (Å²) in [6.07, 6.45) is 0. The minimum Gasteiger partial charge on any atom is -0.304 e. The molecule has 0 amide bonds. The molecule has 0 aliphatic carbocycles. The molecule has 0 aromatic carbocycles. The van der Waals surface area contributed by atoms with Crippen LogP contribution in [0.2, 0.25) is 0 Å². The van der Waals surface area contributed by atoms with Crippen LogP contribution >= 0.6 is 11.3 Å². The van der Waals surface area contributed by atoms with E-state index in [2.05, 4.69) is 15.0 Å². The standard InChI is InChI=1S/C9H12N4S/c1-5-7-8(12-6(2)11-5)13(4)9(10-3)14-7/h1-4H3. The molecule has 0 aliphatic heterocycles. The highest BCUT2D eigenvalue weighted by Crippen LogP contribution is 2.17. The average molecular weight is 208 g/mol. The topological polar surface area (TPSA) is 43.1 Å². The number of nitrogens with zero attached hydrogens (tertiary/aromatic N) is 4. The fourth-order valence-electron chi connectivity index (χ4n) is 1.48. The molecule has 0 aliphatic rings. The Labute approximate surface area is 86.0 Å². The minimum absolute atomic E-state index is 0.811. The molecule has 14 heavy (non-hydrogen) atoms. The number of hydrogen-bond acceptors (Lipinski definition) is 4. The van der Waals surface area contributed by atoms with Gasteiger partial charge in [-0.1, -0.05) is 11.3 Å². The largest absolute Gasteiger partial charge is 0.304 e. The Balaban J connectivity index is 3.00. The molecular weight excluding hydrogens is 196 g/mol. The Hall–Kier alpha value is -1.23.